The number of carbonyl (C=O) groups is 1. The van der Waals surface area contributed by atoms with Crippen LogP contribution in [0.3, 0.4) is 0 Å². The van der Waals surface area contributed by atoms with Crippen LogP contribution in [-0.4, -0.2) is 24.2 Å². The standard InChI is InChI=1S/C14H21NO3/c1-2-3-9-18-13(16)10-14(17,11-15)12-7-5-4-6-8-12/h4-8,17H,2-3,9-11,15H2,1H3. The van der Waals surface area contributed by atoms with Gasteiger partial charge >= 0.3 is 5.97 Å². The first-order chi connectivity index (χ1) is 8.62. The Kier molecular flexibility index (Phi) is 5.82. The van der Waals surface area contributed by atoms with Crippen molar-refractivity contribution in [1.82, 2.24) is 0 Å². The molecule has 0 saturated carbocycles. The van der Waals surface area contributed by atoms with Gasteiger partial charge in [-0.2, -0.15) is 0 Å². The maximum atomic E-state index is 11.6. The van der Waals surface area contributed by atoms with Gasteiger partial charge < -0.3 is 15.6 Å². The van der Waals surface area contributed by atoms with Gasteiger partial charge in [0.15, 0.2) is 0 Å². The van der Waals surface area contributed by atoms with Crippen LogP contribution in [0.2, 0.25) is 0 Å². The van der Waals surface area contributed by atoms with Gasteiger partial charge in [0.25, 0.3) is 0 Å². The van der Waals surface area contributed by atoms with Crippen LogP contribution in [0.25, 0.3) is 0 Å². The van der Waals surface area contributed by atoms with Gasteiger partial charge in [0, 0.05) is 6.54 Å². The predicted molar refractivity (Wildman–Crippen MR) is 69.9 cm³/mol. The number of hydrogen-bond acceptors (Lipinski definition) is 4. The smallest absolute Gasteiger partial charge is 0.309 e. The lowest BCUT2D eigenvalue weighted by Gasteiger charge is -2.26. The summed E-state index contributed by atoms with van der Waals surface area (Å²) in [7, 11) is 0. The number of hydrogen-bond donors (Lipinski definition) is 2. The zero-order valence-corrected chi connectivity index (χ0v) is 10.8. The van der Waals surface area contributed by atoms with Crippen molar-refractivity contribution in [2.75, 3.05) is 13.2 Å². The predicted octanol–water partition coefficient (Wildman–Crippen LogP) is 1.57. The number of rotatable bonds is 7. The summed E-state index contributed by atoms with van der Waals surface area (Å²) in [5.74, 6) is -0.416. The van der Waals surface area contributed by atoms with E-state index >= 15 is 0 Å². The Bertz CT molecular complexity index is 367. The van der Waals surface area contributed by atoms with Crippen molar-refractivity contribution in [2.24, 2.45) is 5.73 Å². The Morgan fingerprint density at radius 1 is 1.39 bits per heavy atom. The zero-order valence-electron chi connectivity index (χ0n) is 10.8. The van der Waals surface area contributed by atoms with Gasteiger partial charge in [0.1, 0.15) is 5.60 Å². The van der Waals surface area contributed by atoms with E-state index in [0.717, 1.165) is 12.8 Å². The van der Waals surface area contributed by atoms with Crippen LogP contribution < -0.4 is 5.73 Å². The summed E-state index contributed by atoms with van der Waals surface area (Å²) in [6, 6.07) is 8.97. The van der Waals surface area contributed by atoms with Crippen LogP contribution in [0, 0.1) is 0 Å². The number of ether oxygens (including phenoxy) is 1. The Balaban J connectivity index is 2.63. The number of carbonyl (C=O) groups excluding carboxylic acids is 1. The summed E-state index contributed by atoms with van der Waals surface area (Å²) in [4.78, 5) is 11.6. The average molecular weight is 251 g/mol. The van der Waals surface area contributed by atoms with E-state index in [4.69, 9.17) is 10.5 Å². The molecule has 1 aromatic rings. The van der Waals surface area contributed by atoms with E-state index < -0.39 is 11.6 Å². The van der Waals surface area contributed by atoms with Crippen molar-refractivity contribution in [1.29, 1.82) is 0 Å². The molecular formula is C14H21NO3. The molecule has 0 spiro atoms. The fourth-order valence-electron chi connectivity index (χ4n) is 1.66. The third-order valence-electron chi connectivity index (χ3n) is 2.85. The van der Waals surface area contributed by atoms with Gasteiger partial charge in [-0.3, -0.25) is 4.79 Å². The first-order valence-electron chi connectivity index (χ1n) is 6.26. The number of nitrogens with two attached hydrogens (primary N) is 1. The van der Waals surface area contributed by atoms with Crippen molar-refractivity contribution >= 4 is 5.97 Å². The molecule has 1 unspecified atom stereocenters. The maximum Gasteiger partial charge on any atom is 0.309 e. The highest BCUT2D eigenvalue weighted by molar-refractivity contribution is 5.71. The van der Waals surface area contributed by atoms with Gasteiger partial charge in [-0.15, -0.1) is 0 Å². The minimum Gasteiger partial charge on any atom is -0.466 e. The molecule has 100 valence electrons. The molecule has 1 aromatic carbocycles. The molecule has 0 aliphatic heterocycles. The summed E-state index contributed by atoms with van der Waals surface area (Å²) in [5.41, 5.74) is 4.88. The van der Waals surface area contributed by atoms with Crippen LogP contribution in [0.15, 0.2) is 30.3 Å². The Morgan fingerprint density at radius 2 is 2.06 bits per heavy atom. The van der Waals surface area contributed by atoms with Gasteiger partial charge in [0.05, 0.1) is 13.0 Å². The molecule has 0 aliphatic rings. The lowest BCUT2D eigenvalue weighted by molar-refractivity contribution is -0.149. The number of aliphatic hydroxyl groups is 1. The monoisotopic (exact) mass is 251 g/mol. The van der Waals surface area contributed by atoms with Crippen LogP contribution in [0.1, 0.15) is 31.7 Å². The summed E-state index contributed by atoms with van der Waals surface area (Å²) in [6.07, 6.45) is 1.68. The van der Waals surface area contributed by atoms with Crippen molar-refractivity contribution < 1.29 is 14.6 Å². The zero-order chi connectivity index (χ0) is 13.4. The van der Waals surface area contributed by atoms with E-state index in [9.17, 15) is 9.90 Å². The largest absolute Gasteiger partial charge is 0.466 e. The van der Waals surface area contributed by atoms with E-state index in [1.165, 1.54) is 0 Å². The molecule has 1 rings (SSSR count). The SMILES string of the molecule is CCCCOC(=O)CC(O)(CN)c1ccccc1. The minimum absolute atomic E-state index is 0.0140. The molecule has 4 nitrogen and oxygen atoms in total. The molecule has 0 radical (unpaired) electrons. The van der Waals surface area contributed by atoms with Crippen molar-refractivity contribution in [2.45, 2.75) is 31.8 Å². The first-order valence-corrected chi connectivity index (χ1v) is 6.26. The molecule has 0 fully saturated rings. The van der Waals surface area contributed by atoms with Crippen LogP contribution in [0.5, 0.6) is 0 Å². The van der Waals surface area contributed by atoms with E-state index in [1.54, 1.807) is 24.3 Å². The second-order valence-corrected chi connectivity index (χ2v) is 4.35. The van der Waals surface area contributed by atoms with Crippen LogP contribution in [-0.2, 0) is 15.1 Å². The average Bonchev–Trinajstić information content (AvgIpc) is 2.40. The summed E-state index contributed by atoms with van der Waals surface area (Å²) < 4.78 is 5.05. The topological polar surface area (TPSA) is 72.5 Å². The fourth-order valence-corrected chi connectivity index (χ4v) is 1.66. The third-order valence-corrected chi connectivity index (χ3v) is 2.85. The fraction of sp³-hybridized carbons (Fsp3) is 0.500. The van der Waals surface area contributed by atoms with E-state index in [-0.39, 0.29) is 13.0 Å². The first kappa shape index (κ1) is 14.7. The molecule has 0 bridgehead atoms. The van der Waals surface area contributed by atoms with Crippen molar-refractivity contribution in [3.63, 3.8) is 0 Å². The molecule has 4 heteroatoms. The van der Waals surface area contributed by atoms with Crippen LogP contribution >= 0.6 is 0 Å². The highest BCUT2D eigenvalue weighted by Crippen LogP contribution is 2.24. The summed E-state index contributed by atoms with van der Waals surface area (Å²) >= 11 is 0. The van der Waals surface area contributed by atoms with Gasteiger partial charge in [-0.1, -0.05) is 43.7 Å². The van der Waals surface area contributed by atoms with E-state index in [0.29, 0.717) is 12.2 Å². The lowest BCUT2D eigenvalue weighted by atomic mass is 9.90. The summed E-state index contributed by atoms with van der Waals surface area (Å²) in [6.45, 7) is 2.40. The third kappa shape index (κ3) is 4.13. The minimum atomic E-state index is -1.34. The molecule has 0 aromatic heterocycles. The highest BCUT2D eigenvalue weighted by Gasteiger charge is 2.31. The van der Waals surface area contributed by atoms with E-state index in [2.05, 4.69) is 0 Å². The van der Waals surface area contributed by atoms with Gasteiger partial charge in [-0.05, 0) is 12.0 Å². The molecular weight excluding hydrogens is 230 g/mol. The normalized spacial score (nSPS) is 13.9. The Morgan fingerprint density at radius 3 is 2.61 bits per heavy atom. The molecule has 0 heterocycles. The number of unbranched alkanes of at least 4 members (excludes halogenated alkanes) is 1. The lowest BCUT2D eigenvalue weighted by Crippen LogP contribution is -2.37. The van der Waals surface area contributed by atoms with Crippen molar-refractivity contribution in [3.05, 3.63) is 35.9 Å². The Labute approximate surface area is 108 Å². The molecule has 18 heavy (non-hydrogen) atoms. The molecule has 0 amide bonds. The molecule has 0 aliphatic carbocycles. The van der Waals surface area contributed by atoms with Gasteiger partial charge in [0.2, 0.25) is 0 Å². The van der Waals surface area contributed by atoms with Crippen LogP contribution in [0.4, 0.5) is 0 Å². The second-order valence-electron chi connectivity index (χ2n) is 4.35. The van der Waals surface area contributed by atoms with Gasteiger partial charge in [-0.25, -0.2) is 0 Å². The number of esters is 1. The van der Waals surface area contributed by atoms with E-state index in [1.807, 2.05) is 13.0 Å². The summed E-state index contributed by atoms with van der Waals surface area (Å²) in [5, 5.41) is 10.4. The molecule has 3 N–H and O–H groups in total. The quantitative estimate of drug-likeness (QED) is 0.570. The molecule has 1 atom stereocenters. The second kappa shape index (κ2) is 7.13. The van der Waals surface area contributed by atoms with Crippen molar-refractivity contribution in [3.8, 4) is 0 Å². The Hall–Kier alpha value is -1.39. The molecule has 0 saturated heterocycles. The highest BCUT2D eigenvalue weighted by atomic mass is 16.5. The maximum absolute atomic E-state index is 11.6. The number of benzene rings is 1.